The van der Waals surface area contributed by atoms with Crippen LogP contribution < -0.4 is 0 Å². The summed E-state index contributed by atoms with van der Waals surface area (Å²) in [7, 11) is 0. The van der Waals surface area contributed by atoms with Crippen molar-refractivity contribution in [1.29, 1.82) is 0 Å². The molecule has 0 heterocycles. The maximum atomic E-state index is 10.3. The number of carbonyl (C=O) groups excluding carboxylic acids is 2. The van der Waals surface area contributed by atoms with Gasteiger partial charge >= 0.3 is 33.5 Å². The second kappa shape index (κ2) is 41.1. The fourth-order valence-electron chi connectivity index (χ4n) is 2.60. The van der Waals surface area contributed by atoms with E-state index >= 15 is 0 Å². The molecule has 0 rings (SSSR count). The van der Waals surface area contributed by atoms with Crippen molar-refractivity contribution in [2.75, 3.05) is 0 Å². The summed E-state index contributed by atoms with van der Waals surface area (Å²) in [6, 6.07) is 0. The number of aliphatic hydroxyl groups excluding tert-OH is 1. The fraction of sp³-hybridized carbons (Fsp3) is 0.759. The number of carboxylic acids is 1. The zero-order valence-electron chi connectivity index (χ0n) is 24.0. The van der Waals surface area contributed by atoms with Gasteiger partial charge in [-0.2, -0.15) is 11.1 Å². The molecule has 0 aliphatic heterocycles. The summed E-state index contributed by atoms with van der Waals surface area (Å²) in [5, 5.41) is 16.6. The van der Waals surface area contributed by atoms with Gasteiger partial charge in [-0.3, -0.25) is 4.79 Å². The Morgan fingerprint density at radius 1 is 0.694 bits per heavy atom. The molecule has 2 N–H and O–H groups in total. The first kappa shape index (κ1) is 44.9. The van der Waals surface area contributed by atoms with E-state index < -0.39 is 5.97 Å². The van der Waals surface area contributed by atoms with Crippen LogP contribution in [-0.4, -0.2) is 34.9 Å². The number of aliphatic hydroxyl groups is 1. The predicted octanol–water partition coefficient (Wildman–Crippen LogP) is 7.80. The molecular weight excluding hydrogens is 536 g/mol. The number of hydrogen-bond donors (Lipinski definition) is 2. The molecule has 0 radical (unpaired) electrons. The third kappa shape index (κ3) is 84.5. The molecular formula is C29H54O6Zr. The van der Waals surface area contributed by atoms with Crippen LogP contribution in [0.2, 0.25) is 0 Å². The number of hydrogen-bond acceptors (Lipinski definition) is 5. The molecule has 0 fully saturated rings. The van der Waals surface area contributed by atoms with Crippen molar-refractivity contribution in [3.63, 3.8) is 0 Å². The zero-order valence-corrected chi connectivity index (χ0v) is 26.5. The third-order valence-corrected chi connectivity index (χ3v) is 4.27. The van der Waals surface area contributed by atoms with Gasteiger partial charge < -0.3 is 19.8 Å². The van der Waals surface area contributed by atoms with Crippen molar-refractivity contribution in [1.82, 2.24) is 0 Å². The van der Waals surface area contributed by atoms with Gasteiger partial charge in [-0.1, -0.05) is 105 Å². The Kier molecular flexibility index (Phi) is 51.2. The van der Waals surface area contributed by atoms with Gasteiger partial charge in [0.25, 0.3) is 0 Å². The molecule has 36 heavy (non-hydrogen) atoms. The van der Waals surface area contributed by atoms with Gasteiger partial charge in [0.05, 0.1) is 0 Å². The first-order chi connectivity index (χ1) is 16.9. The van der Waals surface area contributed by atoms with Gasteiger partial charge in [-0.05, 0) is 38.8 Å². The normalized spacial score (nSPS) is 9.19. The number of carbonyl (C=O) groups is 1. The Hall–Kier alpha value is -1.07. The number of allylic oxidation sites excluding steroid dienone is 2. The van der Waals surface area contributed by atoms with Crippen molar-refractivity contribution in [2.24, 2.45) is 5.92 Å². The van der Waals surface area contributed by atoms with E-state index in [0.717, 1.165) is 18.8 Å². The Morgan fingerprint density at radius 3 is 1.11 bits per heavy atom. The Morgan fingerprint density at radius 2 is 0.917 bits per heavy atom. The zero-order chi connectivity index (χ0) is 29.2. The maximum absolute atomic E-state index is 10.3. The molecule has 0 bridgehead atoms. The van der Waals surface area contributed by atoms with Crippen LogP contribution in [0.15, 0.2) is 24.3 Å². The van der Waals surface area contributed by atoms with Crippen LogP contribution in [0.25, 0.3) is 0 Å². The molecule has 7 heteroatoms. The van der Waals surface area contributed by atoms with Crippen LogP contribution in [-0.2, 0) is 41.9 Å². The van der Waals surface area contributed by atoms with Crippen molar-refractivity contribution in [3.8, 4) is 0 Å². The quantitative estimate of drug-likeness (QED) is 0.102. The Labute approximate surface area is 237 Å². The van der Waals surface area contributed by atoms with Crippen molar-refractivity contribution in [3.05, 3.63) is 24.3 Å². The predicted molar refractivity (Wildman–Crippen MR) is 146 cm³/mol. The monoisotopic (exact) mass is 588 g/mol. The second-order valence-electron chi connectivity index (χ2n) is 9.43. The fourth-order valence-corrected chi connectivity index (χ4v) is 2.60. The summed E-state index contributed by atoms with van der Waals surface area (Å²) in [5.74, 6) is 0.212. The molecule has 0 unspecified atom stereocenters. The molecule has 0 saturated heterocycles. The molecule has 6 nitrogen and oxygen atoms in total. The van der Waals surface area contributed by atoms with Gasteiger partial charge in [-0.25, -0.2) is 13.2 Å². The number of aliphatic carboxylic acids is 1. The van der Waals surface area contributed by atoms with Crippen LogP contribution in [0.5, 0.6) is 0 Å². The van der Waals surface area contributed by atoms with Crippen LogP contribution >= 0.6 is 0 Å². The minimum absolute atomic E-state index is 0.167. The molecule has 0 aliphatic carbocycles. The van der Waals surface area contributed by atoms with E-state index in [1.807, 2.05) is 0 Å². The van der Waals surface area contributed by atoms with E-state index in [1.165, 1.54) is 70.6 Å². The standard InChI is InChI=1S/C18H36O2.2C4H5O.C3H8O.O.Zr/c1-17(2)15-13-11-9-7-5-3-4-6-8-10-12-14-16-18(19)20;2*1-4(2)3-5;1-3(2)4;;/h17H,3-16H2,1-2H3,(H,19,20);2*1H2,2H3;3-4H,1-2H3;;/q;2*-1;;;+2. The topological polar surface area (TPSA) is 109 Å². The average Bonchev–Trinajstić information content (AvgIpc) is 2.80. The second-order valence-corrected chi connectivity index (χ2v) is 9.43. The summed E-state index contributed by atoms with van der Waals surface area (Å²) < 4.78 is 8.34. The van der Waals surface area contributed by atoms with E-state index in [4.69, 9.17) is 13.0 Å². The van der Waals surface area contributed by atoms with Crippen molar-refractivity contribution in [2.45, 2.75) is 138 Å². The summed E-state index contributed by atoms with van der Waals surface area (Å²) in [6.45, 7) is 17.8. The molecule has 0 aromatic heterocycles. The molecule has 0 aromatic carbocycles. The molecule has 210 valence electrons. The number of carboxylic acid groups (broad SMARTS) is 1. The van der Waals surface area contributed by atoms with Gasteiger partial charge in [-0.15, -0.1) is 0 Å². The van der Waals surface area contributed by atoms with E-state index in [-0.39, 0.29) is 6.10 Å². The molecule has 0 spiro atoms. The Balaban J connectivity index is -0.000000162. The van der Waals surface area contributed by atoms with Crippen molar-refractivity contribution >= 4 is 18.5 Å². The van der Waals surface area contributed by atoms with Gasteiger partial charge in [0.2, 0.25) is 0 Å². The molecule has 0 aliphatic rings. The van der Waals surface area contributed by atoms with Crippen LogP contribution in [0.1, 0.15) is 131 Å². The summed E-state index contributed by atoms with van der Waals surface area (Å²) in [6.07, 6.45) is 20.3. The van der Waals surface area contributed by atoms with E-state index in [0.29, 0.717) is 42.3 Å². The van der Waals surface area contributed by atoms with Gasteiger partial charge in [0, 0.05) is 12.5 Å². The first-order valence-corrected chi connectivity index (χ1v) is 14.1. The van der Waals surface area contributed by atoms with Crippen molar-refractivity contribution < 1.29 is 52.1 Å². The average molecular weight is 590 g/mol. The molecule has 0 atom stereocenters. The first-order valence-electron chi connectivity index (χ1n) is 13.1. The molecule has 0 aromatic rings. The van der Waals surface area contributed by atoms with E-state index in [9.17, 15) is 14.4 Å². The summed E-state index contributed by atoms with van der Waals surface area (Å²) >= 11 is 0.300. The number of rotatable bonds is 17. The summed E-state index contributed by atoms with van der Waals surface area (Å²) in [4.78, 5) is 28.9. The third-order valence-electron chi connectivity index (χ3n) is 4.27. The SMILES string of the molecule is C=C(C)[C-]=O.C=C(C)[C-]=O.CC(C)CCCCCCCCCCCCCCC(=O)O.CC(C)O.[O]=[Zr+2]. The van der Waals surface area contributed by atoms with Crippen LogP contribution in [0.4, 0.5) is 0 Å². The van der Waals surface area contributed by atoms with Gasteiger partial charge in [0.15, 0.2) is 0 Å². The molecule has 0 saturated carbocycles. The van der Waals surface area contributed by atoms with E-state index in [1.54, 1.807) is 40.3 Å². The number of unbranched alkanes of at least 4 members (excludes halogenated alkanes) is 11. The molecule has 0 amide bonds. The van der Waals surface area contributed by atoms with E-state index in [2.05, 4.69) is 27.0 Å². The van der Waals surface area contributed by atoms with Crippen LogP contribution in [0.3, 0.4) is 0 Å². The Bertz CT molecular complexity index is 483. The van der Waals surface area contributed by atoms with Gasteiger partial charge in [0.1, 0.15) is 0 Å². The minimum atomic E-state index is -0.654. The summed E-state index contributed by atoms with van der Waals surface area (Å²) in [5.41, 5.74) is 0.898. The van der Waals surface area contributed by atoms with Crippen LogP contribution in [0, 0.1) is 5.92 Å².